The molecule has 0 spiro atoms. The molecule has 0 radical (unpaired) electrons. The highest BCUT2D eigenvalue weighted by Crippen LogP contribution is 2.11. The normalized spacial score (nSPS) is 10.0. The van der Waals surface area contributed by atoms with Crippen molar-refractivity contribution >= 4 is 23.5 Å². The van der Waals surface area contributed by atoms with Crippen molar-refractivity contribution in [3.63, 3.8) is 0 Å². The largest absolute Gasteiger partial charge is 0.462 e. The molecule has 1 aromatic rings. The highest BCUT2D eigenvalue weighted by Gasteiger charge is 2.13. The van der Waals surface area contributed by atoms with E-state index in [-0.39, 0.29) is 18.4 Å². The summed E-state index contributed by atoms with van der Waals surface area (Å²) in [6.45, 7) is 6.14. The lowest BCUT2D eigenvalue weighted by molar-refractivity contribution is -0.132. The summed E-state index contributed by atoms with van der Waals surface area (Å²) in [4.78, 5) is 36.6. The molecule has 0 atom stereocenters. The van der Waals surface area contributed by atoms with Gasteiger partial charge in [-0.3, -0.25) is 9.59 Å². The Morgan fingerprint density at radius 3 is 2.30 bits per heavy atom. The van der Waals surface area contributed by atoms with Gasteiger partial charge in [-0.2, -0.15) is 0 Å². The first-order valence-corrected chi connectivity index (χ1v) is 7.80. The first kappa shape index (κ1) is 18.7. The molecule has 23 heavy (non-hydrogen) atoms. The second-order valence-electron chi connectivity index (χ2n) is 5.14. The molecule has 0 saturated heterocycles. The van der Waals surface area contributed by atoms with Crippen molar-refractivity contribution in [3.8, 4) is 0 Å². The fourth-order valence-electron chi connectivity index (χ4n) is 1.97. The van der Waals surface area contributed by atoms with Crippen LogP contribution in [0.15, 0.2) is 24.3 Å². The number of benzene rings is 1. The molecule has 0 aliphatic heterocycles. The third-order valence-electron chi connectivity index (χ3n) is 3.24. The van der Waals surface area contributed by atoms with Crippen LogP contribution in [0.4, 0.5) is 5.69 Å². The number of nitrogens with zero attached hydrogens (tertiary/aromatic N) is 1. The quantitative estimate of drug-likeness (QED) is 0.747. The lowest BCUT2D eigenvalue weighted by atomic mass is 10.2. The van der Waals surface area contributed by atoms with Crippen molar-refractivity contribution in [1.29, 1.82) is 0 Å². The van der Waals surface area contributed by atoms with E-state index >= 15 is 0 Å². The van der Waals surface area contributed by atoms with E-state index in [4.69, 9.17) is 4.74 Å². The van der Waals surface area contributed by atoms with Gasteiger partial charge in [0.25, 0.3) is 0 Å². The number of hydrogen-bond acceptors (Lipinski definition) is 4. The molecule has 6 nitrogen and oxygen atoms in total. The summed E-state index contributed by atoms with van der Waals surface area (Å²) in [5, 5.41) is 2.72. The van der Waals surface area contributed by atoms with Crippen LogP contribution in [0, 0.1) is 0 Å². The van der Waals surface area contributed by atoms with Gasteiger partial charge in [-0.05, 0) is 37.6 Å². The van der Waals surface area contributed by atoms with Crippen molar-refractivity contribution in [2.45, 2.75) is 33.6 Å². The minimum absolute atomic E-state index is 0.0228. The molecular formula is C17H24N2O4. The fraction of sp³-hybridized carbons (Fsp3) is 0.471. The Kier molecular flexibility index (Phi) is 7.80. The summed E-state index contributed by atoms with van der Waals surface area (Å²) in [5.74, 6) is -0.779. The zero-order valence-corrected chi connectivity index (χ0v) is 13.9. The molecule has 0 aromatic heterocycles. The van der Waals surface area contributed by atoms with Crippen molar-refractivity contribution < 1.29 is 19.1 Å². The zero-order valence-electron chi connectivity index (χ0n) is 13.9. The summed E-state index contributed by atoms with van der Waals surface area (Å²) >= 11 is 0. The first-order chi connectivity index (χ1) is 11.0. The number of ether oxygens (including phenoxy) is 1. The maximum Gasteiger partial charge on any atom is 0.338 e. The smallest absolute Gasteiger partial charge is 0.338 e. The lowest BCUT2D eigenvalue weighted by Gasteiger charge is -2.20. The summed E-state index contributed by atoms with van der Waals surface area (Å²) in [6, 6.07) is 6.45. The van der Waals surface area contributed by atoms with E-state index in [1.807, 2.05) is 6.92 Å². The molecule has 126 valence electrons. The van der Waals surface area contributed by atoms with E-state index in [9.17, 15) is 14.4 Å². The second-order valence-corrected chi connectivity index (χ2v) is 5.14. The van der Waals surface area contributed by atoms with Gasteiger partial charge in [0.15, 0.2) is 0 Å². The van der Waals surface area contributed by atoms with Crippen LogP contribution in [0.1, 0.15) is 44.0 Å². The molecule has 1 aromatic carbocycles. The summed E-state index contributed by atoms with van der Waals surface area (Å²) < 4.78 is 4.89. The third kappa shape index (κ3) is 6.50. The van der Waals surface area contributed by atoms with E-state index in [0.29, 0.717) is 24.4 Å². The maximum absolute atomic E-state index is 12.0. The number of anilines is 1. The van der Waals surface area contributed by atoms with Gasteiger partial charge in [-0.15, -0.1) is 0 Å². The van der Waals surface area contributed by atoms with Crippen molar-refractivity contribution in [3.05, 3.63) is 29.8 Å². The van der Waals surface area contributed by atoms with E-state index in [0.717, 1.165) is 12.8 Å². The molecule has 0 fully saturated rings. The number of esters is 1. The Morgan fingerprint density at radius 2 is 1.78 bits per heavy atom. The van der Waals surface area contributed by atoms with E-state index in [1.165, 1.54) is 11.8 Å². The molecule has 0 saturated carbocycles. The zero-order chi connectivity index (χ0) is 17.2. The third-order valence-corrected chi connectivity index (χ3v) is 3.24. The van der Waals surface area contributed by atoms with Crippen LogP contribution < -0.4 is 5.32 Å². The lowest BCUT2D eigenvalue weighted by Crippen LogP contribution is -2.37. The number of amides is 2. The van der Waals surface area contributed by atoms with Crippen LogP contribution in [0.5, 0.6) is 0 Å². The van der Waals surface area contributed by atoms with Crippen LogP contribution in [-0.2, 0) is 14.3 Å². The SMILES string of the molecule is CCCCN(CC(=O)Nc1ccc(C(=O)OCC)cc1)C(C)=O. The molecule has 0 unspecified atom stereocenters. The number of nitrogens with one attached hydrogen (secondary N) is 1. The molecule has 0 bridgehead atoms. The van der Waals surface area contributed by atoms with Crippen molar-refractivity contribution in [2.24, 2.45) is 0 Å². The Labute approximate surface area is 136 Å². The second kappa shape index (κ2) is 9.61. The van der Waals surface area contributed by atoms with Gasteiger partial charge in [0.2, 0.25) is 11.8 Å². The van der Waals surface area contributed by atoms with Gasteiger partial charge in [0.05, 0.1) is 18.7 Å². The van der Waals surface area contributed by atoms with Gasteiger partial charge in [-0.25, -0.2) is 4.79 Å². The molecule has 0 aliphatic carbocycles. The Bertz CT molecular complexity index is 540. The molecule has 1 rings (SSSR count). The molecule has 2 amide bonds. The number of unbranched alkanes of at least 4 members (excludes halogenated alkanes) is 1. The minimum Gasteiger partial charge on any atom is -0.462 e. The Morgan fingerprint density at radius 1 is 1.13 bits per heavy atom. The summed E-state index contributed by atoms with van der Waals surface area (Å²) in [7, 11) is 0. The van der Waals surface area contributed by atoms with Gasteiger partial charge in [0, 0.05) is 19.2 Å². The van der Waals surface area contributed by atoms with Crippen LogP contribution in [0.3, 0.4) is 0 Å². The number of carbonyl (C=O) groups is 3. The van der Waals surface area contributed by atoms with Crippen LogP contribution in [0.25, 0.3) is 0 Å². The van der Waals surface area contributed by atoms with Crippen molar-refractivity contribution in [2.75, 3.05) is 25.0 Å². The van der Waals surface area contributed by atoms with Gasteiger partial charge in [-0.1, -0.05) is 13.3 Å². The fourth-order valence-corrected chi connectivity index (χ4v) is 1.97. The van der Waals surface area contributed by atoms with Crippen molar-refractivity contribution in [1.82, 2.24) is 4.90 Å². The van der Waals surface area contributed by atoms with E-state index in [1.54, 1.807) is 31.2 Å². The van der Waals surface area contributed by atoms with Gasteiger partial charge < -0.3 is 15.0 Å². The number of rotatable bonds is 8. The van der Waals surface area contributed by atoms with Gasteiger partial charge in [0.1, 0.15) is 0 Å². The Balaban J connectivity index is 2.59. The average molecular weight is 320 g/mol. The molecular weight excluding hydrogens is 296 g/mol. The minimum atomic E-state index is -0.396. The predicted octanol–water partition coefficient (Wildman–Crippen LogP) is 2.45. The molecule has 0 heterocycles. The Hall–Kier alpha value is -2.37. The average Bonchev–Trinajstić information content (AvgIpc) is 2.52. The van der Waals surface area contributed by atoms with Gasteiger partial charge >= 0.3 is 5.97 Å². The van der Waals surface area contributed by atoms with Crippen LogP contribution >= 0.6 is 0 Å². The number of carbonyl (C=O) groups excluding carboxylic acids is 3. The number of hydrogen-bond donors (Lipinski definition) is 1. The monoisotopic (exact) mass is 320 g/mol. The van der Waals surface area contributed by atoms with Crippen LogP contribution in [0.2, 0.25) is 0 Å². The molecule has 1 N–H and O–H groups in total. The standard InChI is InChI=1S/C17H24N2O4/c1-4-6-11-19(13(3)20)12-16(21)18-15-9-7-14(8-10-15)17(22)23-5-2/h7-10H,4-6,11-12H2,1-3H3,(H,18,21). The first-order valence-electron chi connectivity index (χ1n) is 7.80. The molecule has 0 aliphatic rings. The maximum atomic E-state index is 12.0. The highest BCUT2D eigenvalue weighted by molar-refractivity contribution is 5.95. The van der Waals surface area contributed by atoms with E-state index in [2.05, 4.69) is 5.32 Å². The molecule has 6 heteroatoms. The van der Waals surface area contributed by atoms with E-state index < -0.39 is 5.97 Å². The summed E-state index contributed by atoms with van der Waals surface area (Å²) in [6.07, 6.45) is 1.82. The topological polar surface area (TPSA) is 75.7 Å². The van der Waals surface area contributed by atoms with Crippen LogP contribution in [-0.4, -0.2) is 42.4 Å². The summed E-state index contributed by atoms with van der Waals surface area (Å²) in [5.41, 5.74) is 1.00. The highest BCUT2D eigenvalue weighted by atomic mass is 16.5. The predicted molar refractivity (Wildman–Crippen MR) is 88.2 cm³/mol.